The van der Waals surface area contributed by atoms with Crippen LogP contribution in [0.2, 0.25) is 0 Å². The molecule has 0 aromatic rings. The van der Waals surface area contributed by atoms with Crippen molar-refractivity contribution in [1.82, 2.24) is 0 Å². The average molecular weight is 955 g/mol. The Hall–Kier alpha value is -1.11. The van der Waals surface area contributed by atoms with E-state index >= 15 is 0 Å². The van der Waals surface area contributed by atoms with E-state index in [-0.39, 0.29) is 35.4 Å². The molecule has 4 unspecified atom stereocenters. The third-order valence-corrected chi connectivity index (χ3v) is 14.3. The van der Waals surface area contributed by atoms with E-state index in [1.54, 1.807) is 21.0 Å². The number of methoxy groups -OCH3 is 1. The van der Waals surface area contributed by atoms with Gasteiger partial charge in [-0.15, -0.1) is 0 Å². The van der Waals surface area contributed by atoms with Gasteiger partial charge in [0.1, 0.15) is 5.60 Å². The highest BCUT2D eigenvalue weighted by Crippen LogP contribution is 2.50. The molecule has 67 heavy (non-hydrogen) atoms. The Bertz CT molecular complexity index is 1350. The maximum atomic E-state index is 13.0. The largest absolute Gasteiger partial charge is 0.460 e. The van der Waals surface area contributed by atoms with Crippen LogP contribution in [0.1, 0.15) is 240 Å². The molecule has 0 aliphatic carbocycles. The number of ether oxygens (including phenoxy) is 7. The molecule has 10 nitrogen and oxygen atoms in total. The molecule has 0 radical (unpaired) electrons. The summed E-state index contributed by atoms with van der Waals surface area (Å²) in [6.45, 7) is 36.9. The van der Waals surface area contributed by atoms with Gasteiger partial charge in [-0.3, -0.25) is 4.79 Å². The van der Waals surface area contributed by atoms with Crippen LogP contribution in [0.5, 0.6) is 0 Å². The second kappa shape index (κ2) is 29.4. The van der Waals surface area contributed by atoms with E-state index in [0.29, 0.717) is 65.1 Å². The van der Waals surface area contributed by atoms with Gasteiger partial charge in [-0.05, 0) is 169 Å². The van der Waals surface area contributed by atoms with E-state index in [0.717, 1.165) is 32.1 Å². The summed E-state index contributed by atoms with van der Waals surface area (Å²) < 4.78 is 45.9. The first-order valence-electron chi connectivity index (χ1n) is 26.8. The van der Waals surface area contributed by atoms with Crippen LogP contribution in [0.15, 0.2) is 12.2 Å². The number of hydrogen-bond acceptors (Lipinski definition) is 10. The Morgan fingerprint density at radius 1 is 0.582 bits per heavy atom. The van der Waals surface area contributed by atoms with E-state index in [2.05, 4.69) is 88.3 Å². The van der Waals surface area contributed by atoms with Crippen molar-refractivity contribution < 1.29 is 48.2 Å². The highest BCUT2D eigenvalue weighted by molar-refractivity contribution is 5.69. The fraction of sp³-hybridized carbons (Fsp3) is 0.947. The lowest BCUT2D eigenvalue weighted by Gasteiger charge is -2.48. The smallest absolute Gasteiger partial charge is 0.306 e. The van der Waals surface area contributed by atoms with Crippen LogP contribution < -0.4 is 0 Å². The van der Waals surface area contributed by atoms with Crippen molar-refractivity contribution in [3.63, 3.8) is 0 Å². The number of esters is 1. The van der Waals surface area contributed by atoms with Crippen LogP contribution in [0.3, 0.4) is 0 Å². The van der Waals surface area contributed by atoms with E-state index in [9.17, 15) is 15.0 Å². The van der Waals surface area contributed by atoms with Gasteiger partial charge in [0.15, 0.2) is 0 Å². The second-order valence-corrected chi connectivity index (χ2v) is 24.9. The zero-order valence-electron chi connectivity index (χ0n) is 47.1. The van der Waals surface area contributed by atoms with Gasteiger partial charge in [-0.25, -0.2) is 0 Å². The fourth-order valence-corrected chi connectivity index (χ4v) is 9.30. The number of unbranched alkanes of at least 4 members (excludes halogenated alkanes) is 11. The quantitative estimate of drug-likeness (QED) is 0.0350. The molecule has 10 heteroatoms. The predicted octanol–water partition coefficient (Wildman–Crippen LogP) is 13.7. The van der Waals surface area contributed by atoms with Crippen molar-refractivity contribution in [2.45, 2.75) is 291 Å². The Morgan fingerprint density at radius 2 is 1.04 bits per heavy atom. The van der Waals surface area contributed by atoms with Gasteiger partial charge in [-0.2, -0.15) is 0 Å². The molecule has 4 atom stereocenters. The van der Waals surface area contributed by atoms with Crippen molar-refractivity contribution in [2.75, 3.05) is 40.1 Å². The SMILES string of the molecule is CCCCCCCC/C=C\CCCCCCCC(=O)OC(C)(C)CCOC(C)(C)CC(C1OCC(C(C)(C)OCCC(C)(C)O)C1C(C)(C)OCCC(C)(C)OC)C(C)(C)OCCC(C)(C)O. The number of carbonyl (C=O) groups is 1. The van der Waals surface area contributed by atoms with E-state index < -0.39 is 39.2 Å². The first-order chi connectivity index (χ1) is 30.8. The van der Waals surface area contributed by atoms with Crippen molar-refractivity contribution >= 4 is 5.97 Å². The molecule has 0 aromatic heterocycles. The Balaban J connectivity index is 3.09. The Labute approximate surface area is 413 Å². The number of rotatable bonds is 39. The third kappa shape index (κ3) is 27.9. The maximum Gasteiger partial charge on any atom is 0.306 e. The van der Waals surface area contributed by atoms with Gasteiger partial charge in [0.05, 0.1) is 78.3 Å². The topological polar surface area (TPSA) is 122 Å². The molecule has 1 aliphatic rings. The Morgan fingerprint density at radius 3 is 1.58 bits per heavy atom. The van der Waals surface area contributed by atoms with Crippen molar-refractivity contribution in [2.24, 2.45) is 17.8 Å². The van der Waals surface area contributed by atoms with Crippen LogP contribution >= 0.6 is 0 Å². The molecule has 2 N–H and O–H groups in total. The summed E-state index contributed by atoms with van der Waals surface area (Å²) in [5.41, 5.74) is -5.27. The minimum Gasteiger partial charge on any atom is -0.460 e. The van der Waals surface area contributed by atoms with Crippen molar-refractivity contribution in [3.05, 3.63) is 12.2 Å². The molecule has 0 saturated carbocycles. The zero-order valence-corrected chi connectivity index (χ0v) is 47.1. The van der Waals surface area contributed by atoms with Gasteiger partial charge < -0.3 is 43.4 Å². The van der Waals surface area contributed by atoms with Crippen molar-refractivity contribution in [3.8, 4) is 0 Å². The molecule has 0 amide bonds. The van der Waals surface area contributed by atoms with E-state index in [1.807, 2.05) is 27.7 Å². The van der Waals surface area contributed by atoms with Crippen LogP contribution in [-0.4, -0.2) is 107 Å². The summed E-state index contributed by atoms with van der Waals surface area (Å²) in [4.78, 5) is 13.0. The maximum absolute atomic E-state index is 13.0. The van der Waals surface area contributed by atoms with Crippen LogP contribution in [0.25, 0.3) is 0 Å². The lowest BCUT2D eigenvalue weighted by atomic mass is 9.65. The molecule has 1 fully saturated rings. The molecule has 398 valence electrons. The number of allylic oxidation sites excluding steroid dienone is 2. The second-order valence-electron chi connectivity index (χ2n) is 24.9. The minimum absolute atomic E-state index is 0.0503. The molecule has 1 rings (SSSR count). The molecule has 1 saturated heterocycles. The summed E-state index contributed by atoms with van der Waals surface area (Å²) in [5, 5.41) is 21.2. The highest BCUT2D eigenvalue weighted by atomic mass is 16.6. The van der Waals surface area contributed by atoms with E-state index in [1.165, 1.54) is 57.8 Å². The van der Waals surface area contributed by atoms with Gasteiger partial charge in [0.2, 0.25) is 0 Å². The van der Waals surface area contributed by atoms with Gasteiger partial charge in [-0.1, -0.05) is 70.4 Å². The molecule has 0 bridgehead atoms. The lowest BCUT2D eigenvalue weighted by molar-refractivity contribution is -0.176. The summed E-state index contributed by atoms with van der Waals surface area (Å²) in [6.07, 6.45) is 23.6. The predicted molar refractivity (Wildman–Crippen MR) is 277 cm³/mol. The number of carbonyl (C=O) groups excluding carboxylic acids is 1. The molecule has 1 aliphatic heterocycles. The summed E-state index contributed by atoms with van der Waals surface area (Å²) >= 11 is 0. The van der Waals surface area contributed by atoms with Crippen LogP contribution in [-0.2, 0) is 38.0 Å². The average Bonchev–Trinajstić information content (AvgIpc) is 3.64. The lowest BCUT2D eigenvalue weighted by Crippen LogP contribution is -2.55. The van der Waals surface area contributed by atoms with Gasteiger partial charge in [0, 0.05) is 37.7 Å². The van der Waals surface area contributed by atoms with E-state index in [4.69, 9.17) is 33.2 Å². The molecule has 0 aromatic carbocycles. The van der Waals surface area contributed by atoms with Gasteiger partial charge in [0.25, 0.3) is 0 Å². The molecular weight excluding hydrogens is 845 g/mol. The molecular formula is C57H110O10. The molecule has 0 spiro atoms. The monoisotopic (exact) mass is 955 g/mol. The normalized spacial score (nSPS) is 18.9. The fourth-order valence-electron chi connectivity index (χ4n) is 9.30. The first-order valence-corrected chi connectivity index (χ1v) is 26.8. The standard InChI is InChI=1S/C57H110O10/c1-19-20-21-22-23-24-25-26-27-28-29-30-31-32-33-34-47(58)67-53(8,9)38-41-63-54(10,11)43-45(55(12,13)64-39-35-50(2,3)59)49-48(57(16,17)66-42-37-52(6,7)61-18)46(44-62-49)56(14,15)65-40-36-51(4,5)60/h26-27,45-46,48-49,59-60H,19-25,28-44H2,1-18H3/b27-26-. The molecule has 1 heterocycles. The minimum atomic E-state index is -0.873. The highest BCUT2D eigenvalue weighted by Gasteiger charge is 2.58. The van der Waals surface area contributed by atoms with Crippen LogP contribution in [0, 0.1) is 17.8 Å². The third-order valence-electron chi connectivity index (χ3n) is 14.3. The summed E-state index contributed by atoms with van der Waals surface area (Å²) in [7, 11) is 1.73. The first kappa shape index (κ1) is 63.9. The van der Waals surface area contributed by atoms with Crippen LogP contribution in [0.4, 0.5) is 0 Å². The number of aliphatic hydroxyl groups is 2. The summed E-state index contributed by atoms with van der Waals surface area (Å²) in [6, 6.07) is 0. The van der Waals surface area contributed by atoms with Crippen molar-refractivity contribution in [1.29, 1.82) is 0 Å². The zero-order chi connectivity index (χ0) is 51.2. The van der Waals surface area contributed by atoms with Gasteiger partial charge >= 0.3 is 5.97 Å². The number of hydrogen-bond donors (Lipinski definition) is 2. The Kier molecular flexibility index (Phi) is 28.1. The summed E-state index contributed by atoms with van der Waals surface area (Å²) in [5.74, 6) is -0.477.